The predicted octanol–water partition coefficient (Wildman–Crippen LogP) is 4.21. The van der Waals surface area contributed by atoms with Gasteiger partial charge in [-0.1, -0.05) is 23.2 Å². The monoisotopic (exact) mass is 351 g/mol. The zero-order chi connectivity index (χ0) is 17.0. The van der Waals surface area contributed by atoms with Gasteiger partial charge in [-0.15, -0.1) is 0 Å². The highest BCUT2D eigenvalue weighted by Gasteiger charge is 2.09. The summed E-state index contributed by atoms with van der Waals surface area (Å²) in [5.74, 6) is -1.88. The van der Waals surface area contributed by atoms with Crippen molar-refractivity contribution in [1.82, 2.24) is 0 Å². The Balaban J connectivity index is 2.06. The van der Waals surface area contributed by atoms with Crippen LogP contribution in [0.25, 0.3) is 0 Å². The summed E-state index contributed by atoms with van der Waals surface area (Å²) in [4.78, 5) is 22.7. The smallest absolute Gasteiger partial charge is 0.339 e. The molecular weight excluding hydrogens is 341 g/mol. The Morgan fingerprint density at radius 3 is 2.39 bits per heavy atom. The van der Waals surface area contributed by atoms with E-state index in [4.69, 9.17) is 28.3 Å². The summed E-state index contributed by atoms with van der Waals surface area (Å²) >= 11 is 11.6. The molecule has 3 N–H and O–H groups in total. The van der Waals surface area contributed by atoms with E-state index in [1.54, 1.807) is 6.07 Å². The molecule has 0 aliphatic rings. The normalized spacial score (nSPS) is 10.7. The van der Waals surface area contributed by atoms with E-state index in [1.807, 2.05) is 0 Å². The zero-order valence-electron chi connectivity index (χ0n) is 11.6. The van der Waals surface area contributed by atoms with Crippen molar-refractivity contribution in [3.05, 3.63) is 69.8 Å². The molecule has 0 spiro atoms. The minimum absolute atomic E-state index is 0.202. The Bertz CT molecular complexity index is 803. The largest absolute Gasteiger partial charge is 0.507 e. The number of nitrogens with one attached hydrogen (secondary N) is 1. The highest BCUT2D eigenvalue weighted by Crippen LogP contribution is 2.23. The van der Waals surface area contributed by atoms with E-state index in [-0.39, 0.29) is 22.1 Å². The maximum atomic E-state index is 12.0. The summed E-state index contributed by atoms with van der Waals surface area (Å²) in [6.45, 7) is 0. The maximum absolute atomic E-state index is 12.0. The van der Waals surface area contributed by atoms with E-state index in [9.17, 15) is 14.7 Å². The van der Waals surface area contributed by atoms with Gasteiger partial charge in [0.1, 0.15) is 11.3 Å². The minimum atomic E-state index is -1.22. The fraction of sp³-hybridized carbons (Fsp3) is 0. The summed E-state index contributed by atoms with van der Waals surface area (Å²) in [6, 6.07) is 8.52. The van der Waals surface area contributed by atoms with Crippen LogP contribution < -0.4 is 5.32 Å². The predicted molar refractivity (Wildman–Crippen MR) is 88.6 cm³/mol. The van der Waals surface area contributed by atoms with Gasteiger partial charge < -0.3 is 15.5 Å². The first-order valence-corrected chi connectivity index (χ1v) is 7.13. The molecule has 0 fully saturated rings. The number of carboxylic acid groups (broad SMARTS) is 1. The van der Waals surface area contributed by atoms with Crippen LogP contribution in [0.3, 0.4) is 0 Å². The van der Waals surface area contributed by atoms with Crippen LogP contribution in [-0.4, -0.2) is 22.0 Å². The number of carbonyl (C=O) groups is 2. The van der Waals surface area contributed by atoms with Crippen molar-refractivity contribution in [2.75, 3.05) is 5.32 Å². The van der Waals surface area contributed by atoms with Gasteiger partial charge in [0.05, 0.1) is 10.0 Å². The van der Waals surface area contributed by atoms with Crippen molar-refractivity contribution >= 4 is 40.6 Å². The fourth-order valence-electron chi connectivity index (χ4n) is 1.76. The molecular formula is C16H11Cl2NO4. The molecule has 2 rings (SSSR count). The number of phenols is 1. The number of aromatic hydroxyl groups is 1. The maximum Gasteiger partial charge on any atom is 0.339 e. The molecule has 0 aliphatic carbocycles. The van der Waals surface area contributed by atoms with Crippen LogP contribution in [0.4, 0.5) is 5.69 Å². The highest BCUT2D eigenvalue weighted by molar-refractivity contribution is 6.42. The van der Waals surface area contributed by atoms with Crippen LogP contribution in [-0.2, 0) is 0 Å². The van der Waals surface area contributed by atoms with Crippen molar-refractivity contribution in [3.8, 4) is 5.75 Å². The van der Waals surface area contributed by atoms with Crippen molar-refractivity contribution in [3.63, 3.8) is 0 Å². The lowest BCUT2D eigenvalue weighted by Gasteiger charge is -2.04. The standard InChI is InChI=1S/C16H11Cl2NO4/c17-12-4-1-9(7-13(12)18)14(20)5-6-19-10-2-3-11(16(22)23)15(21)8-10/h1-8,19,21H,(H,22,23)/b6-5+. The number of aromatic carboxylic acids is 1. The highest BCUT2D eigenvalue weighted by atomic mass is 35.5. The van der Waals surface area contributed by atoms with Crippen molar-refractivity contribution < 1.29 is 19.8 Å². The number of allylic oxidation sites excluding steroid dienone is 1. The number of anilines is 1. The summed E-state index contributed by atoms with van der Waals surface area (Å²) in [7, 11) is 0. The van der Waals surface area contributed by atoms with E-state index in [1.165, 1.54) is 42.6 Å². The molecule has 0 unspecified atom stereocenters. The Morgan fingerprint density at radius 2 is 1.78 bits per heavy atom. The number of rotatable bonds is 5. The molecule has 118 valence electrons. The second-order valence-corrected chi connectivity index (χ2v) is 5.32. The van der Waals surface area contributed by atoms with Crippen LogP contribution in [0.1, 0.15) is 20.7 Å². The van der Waals surface area contributed by atoms with Crippen molar-refractivity contribution in [2.45, 2.75) is 0 Å². The summed E-state index contributed by atoms with van der Waals surface area (Å²) in [5, 5.41) is 21.8. The van der Waals surface area contributed by atoms with Gasteiger partial charge in [-0.25, -0.2) is 4.79 Å². The number of ketones is 1. The molecule has 0 aromatic heterocycles. The Hall–Kier alpha value is -2.50. The second kappa shape index (κ2) is 7.17. The average molecular weight is 352 g/mol. The van der Waals surface area contributed by atoms with Crippen LogP contribution >= 0.6 is 23.2 Å². The first-order valence-electron chi connectivity index (χ1n) is 6.37. The van der Waals surface area contributed by atoms with Gasteiger partial charge >= 0.3 is 5.97 Å². The molecule has 7 heteroatoms. The first-order chi connectivity index (χ1) is 10.9. The van der Waals surface area contributed by atoms with Gasteiger partial charge in [0.2, 0.25) is 0 Å². The molecule has 0 heterocycles. The third-order valence-corrected chi connectivity index (χ3v) is 3.66. The quantitative estimate of drug-likeness (QED) is 0.554. The third kappa shape index (κ3) is 4.25. The van der Waals surface area contributed by atoms with Crippen LogP contribution in [0, 0.1) is 0 Å². The summed E-state index contributed by atoms with van der Waals surface area (Å²) in [5.41, 5.74) is 0.610. The van der Waals surface area contributed by atoms with Crippen LogP contribution in [0.5, 0.6) is 5.75 Å². The van der Waals surface area contributed by atoms with E-state index in [0.29, 0.717) is 16.3 Å². The molecule has 0 amide bonds. The first kappa shape index (κ1) is 16.9. The third-order valence-electron chi connectivity index (χ3n) is 2.92. The fourth-order valence-corrected chi connectivity index (χ4v) is 2.06. The van der Waals surface area contributed by atoms with E-state index in [2.05, 4.69) is 5.32 Å². The number of carboxylic acids is 1. The number of hydrogen-bond donors (Lipinski definition) is 3. The molecule has 0 bridgehead atoms. The van der Waals surface area contributed by atoms with E-state index >= 15 is 0 Å². The molecule has 5 nitrogen and oxygen atoms in total. The number of halogens is 2. The molecule has 2 aromatic carbocycles. The topological polar surface area (TPSA) is 86.6 Å². The van der Waals surface area contributed by atoms with Gasteiger partial charge in [0, 0.05) is 29.6 Å². The van der Waals surface area contributed by atoms with Gasteiger partial charge in [0.15, 0.2) is 5.78 Å². The summed E-state index contributed by atoms with van der Waals surface area (Å²) in [6.07, 6.45) is 2.65. The van der Waals surface area contributed by atoms with Gasteiger partial charge in [-0.05, 0) is 30.3 Å². The lowest BCUT2D eigenvalue weighted by molar-refractivity contribution is 0.0693. The molecule has 0 saturated carbocycles. The Kier molecular flexibility index (Phi) is 5.26. The van der Waals surface area contributed by atoms with E-state index in [0.717, 1.165) is 0 Å². The van der Waals surface area contributed by atoms with E-state index < -0.39 is 5.97 Å². The molecule has 2 aromatic rings. The Labute approximate surface area is 141 Å². The molecule has 0 atom stereocenters. The van der Waals surface area contributed by atoms with Crippen molar-refractivity contribution in [1.29, 1.82) is 0 Å². The molecule has 23 heavy (non-hydrogen) atoms. The number of hydrogen-bond acceptors (Lipinski definition) is 4. The average Bonchev–Trinajstić information content (AvgIpc) is 2.49. The molecule has 0 saturated heterocycles. The van der Waals surface area contributed by atoms with Gasteiger partial charge in [-0.3, -0.25) is 4.79 Å². The lowest BCUT2D eigenvalue weighted by atomic mass is 10.1. The van der Waals surface area contributed by atoms with Crippen molar-refractivity contribution in [2.24, 2.45) is 0 Å². The zero-order valence-corrected chi connectivity index (χ0v) is 13.1. The molecule has 0 radical (unpaired) electrons. The van der Waals surface area contributed by atoms with Gasteiger partial charge in [0.25, 0.3) is 0 Å². The second-order valence-electron chi connectivity index (χ2n) is 4.51. The SMILES string of the molecule is O=C(/C=C/Nc1ccc(C(=O)O)c(O)c1)c1ccc(Cl)c(Cl)c1. The number of benzene rings is 2. The lowest BCUT2D eigenvalue weighted by Crippen LogP contribution is -1.98. The van der Waals surface area contributed by atoms with Crippen LogP contribution in [0.2, 0.25) is 10.0 Å². The Morgan fingerprint density at radius 1 is 1.04 bits per heavy atom. The van der Waals surface area contributed by atoms with Crippen LogP contribution in [0.15, 0.2) is 48.7 Å². The molecule has 0 aliphatic heterocycles. The summed E-state index contributed by atoms with van der Waals surface area (Å²) < 4.78 is 0. The van der Waals surface area contributed by atoms with Gasteiger partial charge in [-0.2, -0.15) is 0 Å². The minimum Gasteiger partial charge on any atom is -0.507 e. The number of carbonyl (C=O) groups excluding carboxylic acids is 1.